The van der Waals surface area contributed by atoms with Gasteiger partial charge in [0.05, 0.1) is 5.69 Å². The first-order valence-electron chi connectivity index (χ1n) is 10.1. The number of imide groups is 1. The number of anilines is 1. The third-order valence-corrected chi connectivity index (χ3v) is 6.32. The van der Waals surface area contributed by atoms with E-state index >= 15 is 0 Å². The molecule has 5 heteroatoms. The van der Waals surface area contributed by atoms with E-state index in [1.54, 1.807) is 48.5 Å². The minimum atomic E-state index is -1.55. The lowest BCUT2D eigenvalue weighted by molar-refractivity contribution is -0.157. The van der Waals surface area contributed by atoms with Crippen LogP contribution in [0.5, 0.6) is 0 Å². The number of carbonyl (C=O) groups is 3. The second kappa shape index (κ2) is 6.41. The summed E-state index contributed by atoms with van der Waals surface area (Å²) < 4.78 is 5.95. The van der Waals surface area contributed by atoms with Gasteiger partial charge in [0.25, 0.3) is 11.8 Å². The van der Waals surface area contributed by atoms with Crippen molar-refractivity contribution in [3.8, 4) is 0 Å². The number of carbonyl (C=O) groups excluding carboxylic acids is 3. The smallest absolute Gasteiger partial charge is 0.335 e. The van der Waals surface area contributed by atoms with Crippen LogP contribution in [-0.2, 0) is 19.9 Å². The van der Waals surface area contributed by atoms with Crippen LogP contribution in [0.3, 0.4) is 0 Å². The van der Waals surface area contributed by atoms with Crippen LogP contribution in [0, 0.1) is 5.92 Å². The topological polar surface area (TPSA) is 63.7 Å². The molecule has 5 rings (SSSR count). The van der Waals surface area contributed by atoms with E-state index in [1.165, 1.54) is 4.90 Å². The molecule has 146 valence electrons. The molecule has 1 fully saturated rings. The van der Waals surface area contributed by atoms with Crippen LogP contribution in [0.15, 0.2) is 65.7 Å². The summed E-state index contributed by atoms with van der Waals surface area (Å²) in [4.78, 5) is 41.3. The van der Waals surface area contributed by atoms with Gasteiger partial charge >= 0.3 is 5.97 Å². The highest BCUT2D eigenvalue weighted by Crippen LogP contribution is 2.54. The minimum absolute atomic E-state index is 0.124. The fourth-order valence-electron chi connectivity index (χ4n) is 4.78. The molecular weight excluding hydrogens is 366 g/mol. The molecule has 0 bridgehead atoms. The van der Waals surface area contributed by atoms with Crippen molar-refractivity contribution in [2.45, 2.75) is 38.2 Å². The zero-order valence-corrected chi connectivity index (χ0v) is 16.2. The largest absolute Gasteiger partial charge is 0.436 e. The third kappa shape index (κ3) is 2.30. The van der Waals surface area contributed by atoms with Crippen molar-refractivity contribution in [2.24, 2.45) is 5.92 Å². The molecule has 0 saturated heterocycles. The van der Waals surface area contributed by atoms with E-state index in [2.05, 4.69) is 0 Å². The molecule has 3 aliphatic rings. The van der Waals surface area contributed by atoms with Gasteiger partial charge in [0.15, 0.2) is 0 Å². The van der Waals surface area contributed by atoms with E-state index in [0.717, 1.165) is 24.8 Å². The molecule has 1 atom stereocenters. The van der Waals surface area contributed by atoms with E-state index in [0.29, 0.717) is 28.8 Å². The molecule has 0 aromatic heterocycles. The van der Waals surface area contributed by atoms with Gasteiger partial charge in [-0.2, -0.15) is 0 Å². The summed E-state index contributed by atoms with van der Waals surface area (Å²) in [6.45, 7) is 1.91. The first-order valence-corrected chi connectivity index (χ1v) is 10.1. The Kier molecular flexibility index (Phi) is 3.95. The Hall–Kier alpha value is -3.21. The quantitative estimate of drug-likeness (QED) is 0.587. The highest BCUT2D eigenvalue weighted by Gasteiger charge is 2.62. The summed E-state index contributed by atoms with van der Waals surface area (Å²) in [5.74, 6) is -1.21. The molecule has 2 amide bonds. The van der Waals surface area contributed by atoms with Crippen molar-refractivity contribution in [3.63, 3.8) is 0 Å². The monoisotopic (exact) mass is 387 g/mol. The number of rotatable bonds is 3. The number of hydrogen-bond acceptors (Lipinski definition) is 4. The average Bonchev–Trinajstić information content (AvgIpc) is 2.99. The second-order valence-corrected chi connectivity index (χ2v) is 7.77. The maximum atomic E-state index is 14.0. The molecule has 2 aliphatic heterocycles. The summed E-state index contributed by atoms with van der Waals surface area (Å²) in [5.41, 5.74) is 1.17. The van der Waals surface area contributed by atoms with Crippen molar-refractivity contribution in [3.05, 3.63) is 76.9 Å². The zero-order chi connectivity index (χ0) is 20.2. The first-order chi connectivity index (χ1) is 14.1. The van der Waals surface area contributed by atoms with Crippen molar-refractivity contribution < 1.29 is 19.1 Å². The number of para-hydroxylation sites is 1. The molecule has 2 aromatic carbocycles. The van der Waals surface area contributed by atoms with E-state index < -0.39 is 23.4 Å². The Morgan fingerprint density at radius 1 is 1.00 bits per heavy atom. The number of fused-ring (bicyclic) bond motifs is 2. The van der Waals surface area contributed by atoms with E-state index in [1.807, 2.05) is 13.0 Å². The maximum Gasteiger partial charge on any atom is 0.335 e. The molecule has 1 spiro atoms. The highest BCUT2D eigenvalue weighted by molar-refractivity contribution is 6.29. The van der Waals surface area contributed by atoms with Gasteiger partial charge in [-0.25, -0.2) is 9.69 Å². The molecule has 5 nitrogen and oxygen atoms in total. The highest BCUT2D eigenvalue weighted by atomic mass is 16.6. The maximum absolute atomic E-state index is 14.0. The van der Waals surface area contributed by atoms with E-state index in [-0.39, 0.29) is 5.92 Å². The predicted octanol–water partition coefficient (Wildman–Crippen LogP) is 4.13. The normalized spacial score (nSPS) is 24.0. The molecule has 2 heterocycles. The van der Waals surface area contributed by atoms with Crippen molar-refractivity contribution in [1.29, 1.82) is 0 Å². The van der Waals surface area contributed by atoms with E-state index in [9.17, 15) is 14.4 Å². The van der Waals surface area contributed by atoms with Gasteiger partial charge < -0.3 is 4.74 Å². The van der Waals surface area contributed by atoms with Crippen LogP contribution in [0.1, 0.15) is 48.5 Å². The predicted molar refractivity (Wildman–Crippen MR) is 107 cm³/mol. The number of ether oxygens (including phenoxy) is 1. The average molecular weight is 387 g/mol. The SMILES string of the molecule is CCC1=C(C2CCC2)C2(OC1=O)C(=O)N(c1ccccc1)C(=O)c1ccccc12. The van der Waals surface area contributed by atoms with Crippen molar-refractivity contribution >= 4 is 23.5 Å². The lowest BCUT2D eigenvalue weighted by Gasteiger charge is -2.43. The van der Waals surface area contributed by atoms with Crippen molar-refractivity contribution in [1.82, 2.24) is 0 Å². The molecule has 0 N–H and O–H groups in total. The van der Waals surface area contributed by atoms with Gasteiger partial charge in [0.1, 0.15) is 0 Å². The van der Waals surface area contributed by atoms with Gasteiger partial charge in [0, 0.05) is 22.3 Å². The summed E-state index contributed by atoms with van der Waals surface area (Å²) in [6, 6.07) is 15.9. The van der Waals surface area contributed by atoms with Crippen LogP contribution in [0.4, 0.5) is 5.69 Å². The first kappa shape index (κ1) is 17.9. The Balaban J connectivity index is 1.80. The molecule has 0 radical (unpaired) electrons. The Morgan fingerprint density at radius 3 is 2.34 bits per heavy atom. The van der Waals surface area contributed by atoms with Crippen molar-refractivity contribution in [2.75, 3.05) is 4.90 Å². The Bertz CT molecular complexity index is 1070. The molecule has 29 heavy (non-hydrogen) atoms. The molecule has 1 unspecified atom stereocenters. The number of nitrogens with zero attached hydrogens (tertiary/aromatic N) is 1. The lowest BCUT2D eigenvalue weighted by atomic mass is 9.67. The van der Waals surface area contributed by atoms with Crippen LogP contribution >= 0.6 is 0 Å². The number of esters is 1. The number of amides is 2. The summed E-state index contributed by atoms with van der Waals surface area (Å²) in [6.07, 6.45) is 3.41. The van der Waals surface area contributed by atoms with Gasteiger partial charge in [-0.15, -0.1) is 0 Å². The Labute approximate surface area is 169 Å². The zero-order valence-electron chi connectivity index (χ0n) is 16.2. The third-order valence-electron chi connectivity index (χ3n) is 6.32. The minimum Gasteiger partial charge on any atom is -0.436 e. The van der Waals surface area contributed by atoms with Crippen LogP contribution in [0.25, 0.3) is 0 Å². The van der Waals surface area contributed by atoms with Gasteiger partial charge in [-0.05, 0) is 43.4 Å². The standard InChI is InChI=1S/C24H21NO4/c1-2-17-20(15-9-8-10-15)24(29-22(17)27)19-14-7-6-13-18(19)21(26)25(23(24)28)16-11-4-3-5-12-16/h3-7,11-15H,2,8-10H2,1H3. The summed E-state index contributed by atoms with van der Waals surface area (Å²) in [7, 11) is 0. The fourth-order valence-corrected chi connectivity index (χ4v) is 4.78. The Morgan fingerprint density at radius 2 is 1.69 bits per heavy atom. The molecule has 2 aromatic rings. The van der Waals surface area contributed by atoms with E-state index in [4.69, 9.17) is 4.74 Å². The van der Waals surface area contributed by atoms with Crippen LogP contribution in [0.2, 0.25) is 0 Å². The molecule has 1 saturated carbocycles. The van der Waals surface area contributed by atoms with Crippen LogP contribution < -0.4 is 4.90 Å². The fraction of sp³-hybridized carbons (Fsp3) is 0.292. The van der Waals surface area contributed by atoms with Gasteiger partial charge in [-0.1, -0.05) is 49.7 Å². The number of hydrogen-bond donors (Lipinski definition) is 0. The van der Waals surface area contributed by atoms with Gasteiger partial charge in [-0.3, -0.25) is 9.59 Å². The summed E-state index contributed by atoms with van der Waals surface area (Å²) in [5, 5.41) is 0. The lowest BCUT2D eigenvalue weighted by Crippen LogP contribution is -2.57. The number of benzene rings is 2. The second-order valence-electron chi connectivity index (χ2n) is 7.77. The van der Waals surface area contributed by atoms with Crippen LogP contribution in [-0.4, -0.2) is 17.8 Å². The summed E-state index contributed by atoms with van der Waals surface area (Å²) >= 11 is 0. The molecular formula is C24H21NO4. The molecule has 1 aliphatic carbocycles. The van der Waals surface area contributed by atoms with Gasteiger partial charge in [0.2, 0.25) is 5.60 Å².